The second-order valence-electron chi connectivity index (χ2n) is 6.93. The molecule has 0 radical (unpaired) electrons. The summed E-state index contributed by atoms with van der Waals surface area (Å²) >= 11 is 0. The van der Waals surface area contributed by atoms with Crippen LogP contribution < -0.4 is 0 Å². The van der Waals surface area contributed by atoms with Crippen LogP contribution >= 0.6 is 0 Å². The highest BCUT2D eigenvalue weighted by Crippen LogP contribution is 2.42. The van der Waals surface area contributed by atoms with E-state index in [2.05, 4.69) is 4.98 Å². The molecule has 0 bridgehead atoms. The molecular weight excluding hydrogens is 291 g/mol. The van der Waals surface area contributed by atoms with Crippen LogP contribution in [0.2, 0.25) is 0 Å². The van der Waals surface area contributed by atoms with Crippen molar-refractivity contribution in [2.75, 3.05) is 0 Å². The number of rotatable bonds is 3. The molecule has 0 saturated heterocycles. The summed E-state index contributed by atoms with van der Waals surface area (Å²) in [4.78, 5) is 4.15. The Morgan fingerprint density at radius 1 is 1.05 bits per heavy atom. The van der Waals surface area contributed by atoms with Gasteiger partial charge in [-0.3, -0.25) is 4.98 Å². The lowest BCUT2D eigenvalue weighted by Gasteiger charge is -2.36. The van der Waals surface area contributed by atoms with Gasteiger partial charge in [-0.25, -0.2) is 0 Å². The summed E-state index contributed by atoms with van der Waals surface area (Å²) in [5, 5.41) is 11.0. The first-order valence-corrected chi connectivity index (χ1v) is 7.14. The minimum absolute atomic E-state index is 0.361. The first-order chi connectivity index (χ1) is 10.0. The Balaban J connectivity index is 2.46. The van der Waals surface area contributed by atoms with Crippen LogP contribution in [-0.2, 0) is 6.42 Å². The SMILES string of the molecule is CC(C)(C)CC(O)(Cc1ccnc2ccccc12)C(F)(F)F. The molecule has 22 heavy (non-hydrogen) atoms. The lowest BCUT2D eigenvalue weighted by atomic mass is 9.78. The van der Waals surface area contributed by atoms with Gasteiger partial charge in [0.1, 0.15) is 0 Å². The fourth-order valence-electron chi connectivity index (χ4n) is 2.76. The molecule has 120 valence electrons. The van der Waals surface area contributed by atoms with E-state index in [-0.39, 0.29) is 6.42 Å². The summed E-state index contributed by atoms with van der Waals surface area (Å²) in [6.07, 6.45) is -4.05. The van der Waals surface area contributed by atoms with Crippen molar-refractivity contribution in [2.24, 2.45) is 5.41 Å². The summed E-state index contributed by atoms with van der Waals surface area (Å²) in [6.45, 7) is 5.07. The quantitative estimate of drug-likeness (QED) is 0.905. The number of hydrogen-bond acceptors (Lipinski definition) is 2. The number of alkyl halides is 3. The zero-order chi connectivity index (χ0) is 16.6. The van der Waals surface area contributed by atoms with E-state index in [0.717, 1.165) is 0 Å². The maximum atomic E-state index is 13.5. The molecule has 1 unspecified atom stereocenters. The van der Waals surface area contributed by atoms with Gasteiger partial charge in [0.05, 0.1) is 5.52 Å². The van der Waals surface area contributed by atoms with Crippen LogP contribution in [0.1, 0.15) is 32.8 Å². The topological polar surface area (TPSA) is 33.1 Å². The number of hydrogen-bond donors (Lipinski definition) is 1. The Kier molecular flexibility index (Phi) is 4.22. The summed E-state index contributed by atoms with van der Waals surface area (Å²) in [7, 11) is 0. The van der Waals surface area contributed by atoms with Crippen molar-refractivity contribution in [1.29, 1.82) is 0 Å². The van der Waals surface area contributed by atoms with E-state index in [4.69, 9.17) is 0 Å². The normalized spacial score (nSPS) is 15.8. The molecule has 0 aliphatic carbocycles. The first kappa shape index (κ1) is 16.7. The third kappa shape index (κ3) is 3.58. The molecule has 1 atom stereocenters. The highest BCUT2D eigenvalue weighted by Gasteiger charge is 2.54. The third-order valence-corrected chi connectivity index (χ3v) is 3.57. The summed E-state index contributed by atoms with van der Waals surface area (Å²) in [5.41, 5.74) is -2.32. The highest BCUT2D eigenvalue weighted by molar-refractivity contribution is 5.81. The Hall–Kier alpha value is -1.62. The second kappa shape index (κ2) is 5.54. The maximum Gasteiger partial charge on any atom is 0.417 e. The van der Waals surface area contributed by atoms with Gasteiger partial charge in [0, 0.05) is 18.0 Å². The van der Waals surface area contributed by atoms with E-state index >= 15 is 0 Å². The smallest absolute Gasteiger partial charge is 0.380 e. The molecule has 0 aliphatic heterocycles. The fourth-order valence-corrected chi connectivity index (χ4v) is 2.76. The molecule has 2 nitrogen and oxygen atoms in total. The van der Waals surface area contributed by atoms with Gasteiger partial charge in [-0.15, -0.1) is 0 Å². The van der Waals surface area contributed by atoms with Crippen LogP contribution in [0.3, 0.4) is 0 Å². The van der Waals surface area contributed by atoms with Crippen LogP contribution in [0, 0.1) is 5.41 Å². The molecule has 1 aromatic heterocycles. The number of fused-ring (bicyclic) bond motifs is 1. The zero-order valence-electron chi connectivity index (χ0n) is 12.9. The summed E-state index contributed by atoms with van der Waals surface area (Å²) in [5.74, 6) is 0. The third-order valence-electron chi connectivity index (χ3n) is 3.57. The molecule has 0 saturated carbocycles. The number of nitrogens with zero attached hydrogens (tertiary/aromatic N) is 1. The van der Waals surface area contributed by atoms with Crippen molar-refractivity contribution in [3.8, 4) is 0 Å². The average Bonchev–Trinajstić information content (AvgIpc) is 2.35. The largest absolute Gasteiger partial charge is 0.417 e. The van der Waals surface area contributed by atoms with Crippen molar-refractivity contribution >= 4 is 10.9 Å². The Morgan fingerprint density at radius 3 is 2.27 bits per heavy atom. The van der Waals surface area contributed by atoms with Crippen molar-refractivity contribution < 1.29 is 18.3 Å². The monoisotopic (exact) mass is 311 g/mol. The van der Waals surface area contributed by atoms with Gasteiger partial charge < -0.3 is 5.11 Å². The number of para-hydroxylation sites is 1. The minimum atomic E-state index is -4.69. The van der Waals surface area contributed by atoms with E-state index in [9.17, 15) is 18.3 Å². The van der Waals surface area contributed by atoms with Crippen LogP contribution in [0.25, 0.3) is 10.9 Å². The molecule has 1 heterocycles. The Bertz CT molecular complexity index is 655. The summed E-state index contributed by atoms with van der Waals surface area (Å²) in [6, 6.07) is 8.55. The van der Waals surface area contributed by atoms with E-state index in [0.29, 0.717) is 16.5 Å². The Morgan fingerprint density at radius 2 is 1.68 bits per heavy atom. The molecule has 2 aromatic rings. The van der Waals surface area contributed by atoms with E-state index in [1.54, 1.807) is 51.1 Å². The summed E-state index contributed by atoms with van der Waals surface area (Å²) < 4.78 is 40.4. The van der Waals surface area contributed by atoms with Crippen LogP contribution in [0.5, 0.6) is 0 Å². The van der Waals surface area contributed by atoms with Gasteiger partial charge in [-0.05, 0) is 29.5 Å². The molecule has 0 fully saturated rings. The standard InChI is InChI=1S/C17H20F3NO/c1-15(2,3)11-16(22,17(18,19)20)10-12-8-9-21-14-7-5-4-6-13(12)14/h4-9,22H,10-11H2,1-3H3. The van der Waals surface area contributed by atoms with Crippen LogP contribution in [0.15, 0.2) is 36.5 Å². The van der Waals surface area contributed by atoms with E-state index in [1.807, 2.05) is 0 Å². The fraction of sp³-hybridized carbons (Fsp3) is 0.471. The number of halogens is 3. The highest BCUT2D eigenvalue weighted by atomic mass is 19.4. The van der Waals surface area contributed by atoms with Crippen molar-refractivity contribution in [2.45, 2.75) is 45.4 Å². The van der Waals surface area contributed by atoms with Crippen molar-refractivity contribution in [1.82, 2.24) is 4.98 Å². The second-order valence-corrected chi connectivity index (χ2v) is 6.93. The number of aromatic nitrogens is 1. The maximum absolute atomic E-state index is 13.5. The molecule has 5 heteroatoms. The van der Waals surface area contributed by atoms with Crippen LogP contribution in [-0.4, -0.2) is 21.9 Å². The van der Waals surface area contributed by atoms with Crippen molar-refractivity contribution in [3.05, 3.63) is 42.1 Å². The molecule has 0 aliphatic rings. The van der Waals surface area contributed by atoms with Gasteiger partial charge in [0.15, 0.2) is 5.60 Å². The van der Waals surface area contributed by atoms with Gasteiger partial charge >= 0.3 is 6.18 Å². The van der Waals surface area contributed by atoms with Crippen molar-refractivity contribution in [3.63, 3.8) is 0 Å². The predicted octanol–water partition coefficient (Wildman–Crippen LogP) is 4.51. The van der Waals surface area contributed by atoms with E-state index in [1.165, 1.54) is 6.20 Å². The molecular formula is C17H20F3NO. The molecule has 0 spiro atoms. The number of aliphatic hydroxyl groups is 1. The average molecular weight is 311 g/mol. The number of pyridine rings is 1. The van der Waals surface area contributed by atoms with Gasteiger partial charge in [-0.2, -0.15) is 13.2 Å². The number of benzene rings is 1. The first-order valence-electron chi connectivity index (χ1n) is 7.14. The predicted molar refractivity (Wildman–Crippen MR) is 80.5 cm³/mol. The molecule has 1 N–H and O–H groups in total. The molecule has 0 amide bonds. The van der Waals surface area contributed by atoms with Gasteiger partial charge in [0.25, 0.3) is 0 Å². The molecule has 1 aromatic carbocycles. The lowest BCUT2D eigenvalue weighted by Crippen LogP contribution is -2.49. The van der Waals surface area contributed by atoms with E-state index < -0.39 is 23.6 Å². The van der Waals surface area contributed by atoms with Gasteiger partial charge in [0.2, 0.25) is 0 Å². The van der Waals surface area contributed by atoms with Crippen LogP contribution in [0.4, 0.5) is 13.2 Å². The Labute approximate surface area is 128 Å². The lowest BCUT2D eigenvalue weighted by molar-refractivity contribution is -0.268. The van der Waals surface area contributed by atoms with Gasteiger partial charge in [-0.1, -0.05) is 39.0 Å². The molecule has 2 rings (SSSR count). The minimum Gasteiger partial charge on any atom is -0.380 e. The zero-order valence-corrected chi connectivity index (χ0v) is 12.9.